The lowest BCUT2D eigenvalue weighted by molar-refractivity contribution is -0.126. The number of nitrogens with one attached hydrogen (secondary N) is 2. The van der Waals surface area contributed by atoms with Crippen LogP contribution in [0.1, 0.15) is 51.9 Å². The normalized spacial score (nSPS) is 37.2. The van der Waals surface area contributed by atoms with Gasteiger partial charge in [0, 0.05) is 0 Å². The number of hydrogen-bond donors (Lipinski definition) is 3. The zero-order chi connectivity index (χ0) is 13.0. The first-order valence-electron chi connectivity index (χ1n) is 7.42. The highest BCUT2D eigenvalue weighted by molar-refractivity contribution is 5.82. The molecule has 1 heterocycles. The molecule has 1 aliphatic heterocycles. The topological polar surface area (TPSA) is 61.4 Å². The molecule has 1 saturated heterocycles. The van der Waals surface area contributed by atoms with Crippen molar-refractivity contribution in [1.82, 2.24) is 10.6 Å². The van der Waals surface area contributed by atoms with Crippen LogP contribution in [-0.2, 0) is 4.79 Å². The van der Waals surface area contributed by atoms with Crippen LogP contribution in [0.15, 0.2) is 0 Å². The number of carbonyl (C=O) groups is 1. The minimum Gasteiger partial charge on any atom is -0.391 e. The van der Waals surface area contributed by atoms with Crippen molar-refractivity contribution in [3.05, 3.63) is 0 Å². The van der Waals surface area contributed by atoms with Gasteiger partial charge in [0.2, 0.25) is 5.91 Å². The first-order chi connectivity index (χ1) is 8.70. The van der Waals surface area contributed by atoms with Gasteiger partial charge in [-0.05, 0) is 38.1 Å². The molecule has 2 unspecified atom stereocenters. The van der Waals surface area contributed by atoms with Crippen LogP contribution in [0.25, 0.3) is 0 Å². The van der Waals surface area contributed by atoms with Crippen LogP contribution in [0.4, 0.5) is 0 Å². The lowest BCUT2D eigenvalue weighted by Crippen LogP contribution is -2.54. The van der Waals surface area contributed by atoms with E-state index in [9.17, 15) is 9.90 Å². The standard InChI is InChI=1S/C14H26N2O2/c1-2-10-7-8-15-12(9-10)14(18)16-11-5-3-4-6-13(11)17/h10-13,15,17H,2-9H2,1H3,(H,16,18)/t10?,11-,12?,13-/m0/s1. The van der Waals surface area contributed by atoms with E-state index >= 15 is 0 Å². The Hall–Kier alpha value is -0.610. The summed E-state index contributed by atoms with van der Waals surface area (Å²) >= 11 is 0. The second kappa shape index (κ2) is 6.53. The van der Waals surface area contributed by atoms with Crippen molar-refractivity contribution in [1.29, 1.82) is 0 Å². The molecule has 0 spiro atoms. The highest BCUT2D eigenvalue weighted by Crippen LogP contribution is 2.21. The van der Waals surface area contributed by atoms with E-state index in [2.05, 4.69) is 17.6 Å². The molecule has 0 bridgehead atoms. The summed E-state index contributed by atoms with van der Waals surface area (Å²) in [6.07, 6.45) is 6.82. The van der Waals surface area contributed by atoms with E-state index in [0.29, 0.717) is 5.92 Å². The fourth-order valence-corrected chi connectivity index (χ4v) is 3.13. The molecule has 4 heteroatoms. The number of rotatable bonds is 3. The zero-order valence-corrected chi connectivity index (χ0v) is 11.3. The van der Waals surface area contributed by atoms with E-state index in [1.165, 1.54) is 6.42 Å². The van der Waals surface area contributed by atoms with Gasteiger partial charge in [0.05, 0.1) is 18.2 Å². The second-order valence-electron chi connectivity index (χ2n) is 5.77. The highest BCUT2D eigenvalue weighted by atomic mass is 16.3. The van der Waals surface area contributed by atoms with Gasteiger partial charge in [-0.25, -0.2) is 0 Å². The number of carbonyl (C=O) groups excluding carboxylic acids is 1. The Bertz CT molecular complexity index is 283. The summed E-state index contributed by atoms with van der Waals surface area (Å²) in [7, 11) is 0. The molecule has 1 aliphatic carbocycles. The molecular weight excluding hydrogens is 228 g/mol. The Balaban J connectivity index is 1.83. The van der Waals surface area contributed by atoms with Crippen molar-refractivity contribution in [3.8, 4) is 0 Å². The van der Waals surface area contributed by atoms with Crippen LogP contribution in [-0.4, -0.2) is 35.7 Å². The van der Waals surface area contributed by atoms with Gasteiger partial charge >= 0.3 is 0 Å². The first kappa shape index (κ1) is 13.8. The number of aliphatic hydroxyl groups excluding tert-OH is 1. The van der Waals surface area contributed by atoms with Gasteiger partial charge in [0.15, 0.2) is 0 Å². The molecular formula is C14H26N2O2. The fraction of sp³-hybridized carbons (Fsp3) is 0.929. The number of hydrogen-bond acceptors (Lipinski definition) is 3. The Morgan fingerprint density at radius 3 is 2.83 bits per heavy atom. The summed E-state index contributed by atoms with van der Waals surface area (Å²) in [6, 6.07) is -0.0899. The van der Waals surface area contributed by atoms with Crippen LogP contribution < -0.4 is 10.6 Å². The van der Waals surface area contributed by atoms with Gasteiger partial charge in [-0.3, -0.25) is 4.79 Å². The van der Waals surface area contributed by atoms with Crippen molar-refractivity contribution >= 4 is 5.91 Å². The lowest BCUT2D eigenvalue weighted by Gasteiger charge is -2.33. The quantitative estimate of drug-likeness (QED) is 0.709. The van der Waals surface area contributed by atoms with Crippen LogP contribution in [0.3, 0.4) is 0 Å². The smallest absolute Gasteiger partial charge is 0.237 e. The third-order valence-corrected chi connectivity index (χ3v) is 4.46. The van der Waals surface area contributed by atoms with E-state index in [0.717, 1.165) is 45.1 Å². The molecule has 4 atom stereocenters. The van der Waals surface area contributed by atoms with Gasteiger partial charge in [0.25, 0.3) is 0 Å². The summed E-state index contributed by atoms with van der Waals surface area (Å²) in [6.45, 7) is 3.12. The zero-order valence-electron chi connectivity index (χ0n) is 11.3. The molecule has 4 nitrogen and oxygen atoms in total. The van der Waals surface area contributed by atoms with Crippen molar-refractivity contribution in [2.24, 2.45) is 5.92 Å². The SMILES string of the molecule is CCC1CCNC(C(=O)N[C@H]2CCCC[C@@H]2O)C1. The molecule has 2 aliphatic rings. The maximum absolute atomic E-state index is 12.2. The lowest BCUT2D eigenvalue weighted by atomic mass is 9.89. The Morgan fingerprint density at radius 1 is 1.33 bits per heavy atom. The van der Waals surface area contributed by atoms with Crippen LogP contribution in [0.5, 0.6) is 0 Å². The minimum atomic E-state index is -0.353. The summed E-state index contributed by atoms with van der Waals surface area (Å²) in [4.78, 5) is 12.2. The molecule has 18 heavy (non-hydrogen) atoms. The average Bonchev–Trinajstić information content (AvgIpc) is 2.41. The highest BCUT2D eigenvalue weighted by Gasteiger charge is 2.30. The number of amides is 1. The molecule has 0 aromatic carbocycles. The minimum absolute atomic E-state index is 0.0324. The van der Waals surface area contributed by atoms with E-state index in [1.807, 2.05) is 0 Å². The Labute approximate surface area is 110 Å². The van der Waals surface area contributed by atoms with Crippen LogP contribution >= 0.6 is 0 Å². The van der Waals surface area contributed by atoms with Crippen molar-refractivity contribution in [2.75, 3.05) is 6.54 Å². The Morgan fingerprint density at radius 2 is 2.11 bits per heavy atom. The van der Waals surface area contributed by atoms with Gasteiger partial charge in [-0.1, -0.05) is 26.2 Å². The summed E-state index contributed by atoms with van der Waals surface area (Å²) in [5.74, 6) is 0.748. The molecule has 3 N–H and O–H groups in total. The predicted molar refractivity (Wildman–Crippen MR) is 71.2 cm³/mol. The van der Waals surface area contributed by atoms with Crippen molar-refractivity contribution in [3.63, 3.8) is 0 Å². The molecule has 0 aromatic heterocycles. The first-order valence-corrected chi connectivity index (χ1v) is 7.42. The second-order valence-corrected chi connectivity index (χ2v) is 5.77. The van der Waals surface area contributed by atoms with E-state index in [1.54, 1.807) is 0 Å². The predicted octanol–water partition coefficient (Wildman–Crippen LogP) is 1.18. The number of piperidine rings is 1. The van der Waals surface area contributed by atoms with Gasteiger partial charge < -0.3 is 15.7 Å². The Kier molecular flexibility index (Phi) is 5.01. The molecule has 104 valence electrons. The maximum Gasteiger partial charge on any atom is 0.237 e. The third-order valence-electron chi connectivity index (χ3n) is 4.46. The molecule has 0 radical (unpaired) electrons. The van der Waals surface area contributed by atoms with E-state index in [-0.39, 0.29) is 24.1 Å². The van der Waals surface area contributed by atoms with Crippen molar-refractivity contribution in [2.45, 2.75) is 70.1 Å². The fourth-order valence-electron chi connectivity index (χ4n) is 3.13. The van der Waals surface area contributed by atoms with Crippen LogP contribution in [0, 0.1) is 5.92 Å². The molecule has 2 rings (SSSR count). The van der Waals surface area contributed by atoms with Crippen molar-refractivity contribution < 1.29 is 9.90 Å². The average molecular weight is 254 g/mol. The molecule has 2 fully saturated rings. The largest absolute Gasteiger partial charge is 0.391 e. The summed E-state index contributed by atoms with van der Waals surface area (Å²) < 4.78 is 0. The number of aliphatic hydroxyl groups is 1. The molecule has 1 saturated carbocycles. The summed E-state index contributed by atoms with van der Waals surface area (Å²) in [5, 5.41) is 16.2. The molecule has 0 aromatic rings. The summed E-state index contributed by atoms with van der Waals surface area (Å²) in [5.41, 5.74) is 0. The van der Waals surface area contributed by atoms with Gasteiger partial charge in [-0.2, -0.15) is 0 Å². The van der Waals surface area contributed by atoms with E-state index in [4.69, 9.17) is 0 Å². The monoisotopic (exact) mass is 254 g/mol. The van der Waals surface area contributed by atoms with Crippen LogP contribution in [0.2, 0.25) is 0 Å². The maximum atomic E-state index is 12.2. The van der Waals surface area contributed by atoms with Gasteiger partial charge in [0.1, 0.15) is 0 Å². The third kappa shape index (κ3) is 3.45. The molecule has 1 amide bonds. The van der Waals surface area contributed by atoms with Gasteiger partial charge in [-0.15, -0.1) is 0 Å². The van der Waals surface area contributed by atoms with E-state index < -0.39 is 0 Å².